The lowest BCUT2D eigenvalue weighted by Gasteiger charge is -2.11. The summed E-state index contributed by atoms with van der Waals surface area (Å²) in [5.74, 6) is 0.506. The number of hydrogen-bond donors (Lipinski definition) is 0. The number of aromatic nitrogens is 2. The second kappa shape index (κ2) is 6.30. The van der Waals surface area contributed by atoms with E-state index >= 15 is 0 Å². The van der Waals surface area contributed by atoms with E-state index in [1.54, 1.807) is 19.1 Å². The fraction of sp³-hybridized carbons (Fsp3) is 0.471. The molecule has 0 bridgehead atoms. The van der Waals surface area contributed by atoms with E-state index in [-0.39, 0.29) is 5.41 Å². The summed E-state index contributed by atoms with van der Waals surface area (Å²) in [7, 11) is 0. The maximum Gasteiger partial charge on any atom is 0.338 e. The lowest BCUT2D eigenvalue weighted by atomic mass is 9.96. The zero-order valence-electron chi connectivity index (χ0n) is 13.7. The van der Waals surface area contributed by atoms with Gasteiger partial charge >= 0.3 is 5.97 Å². The van der Waals surface area contributed by atoms with Gasteiger partial charge in [0.2, 0.25) is 0 Å². The molecule has 1 unspecified atom stereocenters. The molecule has 5 heteroatoms. The summed E-state index contributed by atoms with van der Waals surface area (Å²) >= 11 is 0. The van der Waals surface area contributed by atoms with E-state index in [0.717, 1.165) is 6.42 Å². The summed E-state index contributed by atoms with van der Waals surface area (Å²) in [5.41, 5.74) is 1.48. The van der Waals surface area contributed by atoms with Gasteiger partial charge < -0.3 is 9.26 Å². The lowest BCUT2D eigenvalue weighted by Crippen LogP contribution is -2.14. The number of rotatable bonds is 4. The van der Waals surface area contributed by atoms with Crippen LogP contribution in [0.25, 0.3) is 0 Å². The number of carbonyl (C=O) groups is 1. The minimum atomic E-state index is -0.582. The molecule has 0 aliphatic carbocycles. The highest BCUT2D eigenvalue weighted by Gasteiger charge is 2.25. The average molecular weight is 302 g/mol. The van der Waals surface area contributed by atoms with Crippen LogP contribution in [0.3, 0.4) is 0 Å². The summed E-state index contributed by atoms with van der Waals surface area (Å²) in [6.07, 6.45) is 0.352. The first-order valence-electron chi connectivity index (χ1n) is 7.45. The van der Waals surface area contributed by atoms with Crippen molar-refractivity contribution in [3.05, 3.63) is 47.1 Å². The van der Waals surface area contributed by atoms with Crippen molar-refractivity contribution in [1.82, 2.24) is 10.1 Å². The highest BCUT2D eigenvalue weighted by Crippen LogP contribution is 2.23. The van der Waals surface area contributed by atoms with Gasteiger partial charge in [-0.25, -0.2) is 4.79 Å². The van der Waals surface area contributed by atoms with Crippen molar-refractivity contribution in [1.29, 1.82) is 0 Å². The zero-order chi connectivity index (χ0) is 16.3. The predicted molar refractivity (Wildman–Crippen MR) is 82.6 cm³/mol. The number of aryl methyl sites for hydroxylation is 1. The molecule has 0 spiro atoms. The van der Waals surface area contributed by atoms with E-state index in [4.69, 9.17) is 9.26 Å². The number of nitrogens with zero attached hydrogens (tertiary/aromatic N) is 2. The fourth-order valence-electron chi connectivity index (χ4n) is 1.86. The first-order chi connectivity index (χ1) is 10.3. The quantitative estimate of drug-likeness (QED) is 0.803. The van der Waals surface area contributed by atoms with Crippen LogP contribution in [0.15, 0.2) is 28.8 Å². The SMILES string of the molecule is CCc1ccc(C(=O)OC(C)c2nc(C(C)(C)C)no2)cc1. The van der Waals surface area contributed by atoms with Gasteiger partial charge in [-0.2, -0.15) is 4.98 Å². The van der Waals surface area contributed by atoms with Gasteiger partial charge in [0.05, 0.1) is 5.56 Å². The van der Waals surface area contributed by atoms with Crippen LogP contribution in [-0.4, -0.2) is 16.1 Å². The lowest BCUT2D eigenvalue weighted by molar-refractivity contribution is 0.0265. The Morgan fingerprint density at radius 1 is 1.27 bits per heavy atom. The van der Waals surface area contributed by atoms with Gasteiger partial charge in [-0.05, 0) is 31.0 Å². The van der Waals surface area contributed by atoms with Crippen molar-refractivity contribution >= 4 is 5.97 Å². The van der Waals surface area contributed by atoms with Crippen molar-refractivity contribution in [2.75, 3.05) is 0 Å². The first kappa shape index (κ1) is 16.2. The molecule has 0 saturated heterocycles. The molecule has 2 aromatic rings. The van der Waals surface area contributed by atoms with E-state index in [0.29, 0.717) is 17.3 Å². The van der Waals surface area contributed by atoms with Crippen LogP contribution in [0.2, 0.25) is 0 Å². The molecule has 1 atom stereocenters. The largest absolute Gasteiger partial charge is 0.449 e. The third kappa shape index (κ3) is 3.72. The molecule has 0 aliphatic heterocycles. The summed E-state index contributed by atoms with van der Waals surface area (Å²) in [6.45, 7) is 9.77. The average Bonchev–Trinajstić information content (AvgIpc) is 2.97. The molecule has 1 aromatic carbocycles. The standard InChI is InChI=1S/C17H22N2O3/c1-6-12-7-9-13(10-8-12)15(20)21-11(2)14-18-16(19-22-14)17(3,4)5/h7-11H,6H2,1-5H3. The number of ether oxygens (including phenoxy) is 1. The van der Waals surface area contributed by atoms with Crippen LogP contribution < -0.4 is 0 Å². The van der Waals surface area contributed by atoms with E-state index in [1.165, 1.54) is 5.56 Å². The Hall–Kier alpha value is -2.17. The van der Waals surface area contributed by atoms with Crippen LogP contribution in [0.1, 0.15) is 68.4 Å². The van der Waals surface area contributed by atoms with Crippen LogP contribution in [0.5, 0.6) is 0 Å². The molecule has 22 heavy (non-hydrogen) atoms. The van der Waals surface area contributed by atoms with E-state index in [1.807, 2.05) is 32.9 Å². The van der Waals surface area contributed by atoms with Gasteiger partial charge in [0.1, 0.15) is 0 Å². The van der Waals surface area contributed by atoms with Crippen molar-refractivity contribution in [2.45, 2.75) is 52.6 Å². The molecule has 2 rings (SSSR count). The van der Waals surface area contributed by atoms with Crippen LogP contribution in [-0.2, 0) is 16.6 Å². The number of benzene rings is 1. The highest BCUT2D eigenvalue weighted by atomic mass is 16.6. The van der Waals surface area contributed by atoms with Crippen LogP contribution in [0, 0.1) is 0 Å². The Kier molecular flexibility index (Phi) is 4.64. The highest BCUT2D eigenvalue weighted by molar-refractivity contribution is 5.89. The Morgan fingerprint density at radius 3 is 2.41 bits per heavy atom. The van der Waals surface area contributed by atoms with Gasteiger partial charge in [-0.1, -0.05) is 45.0 Å². The third-order valence-electron chi connectivity index (χ3n) is 3.34. The molecule has 0 amide bonds. The number of carbonyl (C=O) groups excluding carboxylic acids is 1. The van der Waals surface area contributed by atoms with Gasteiger partial charge in [-0.3, -0.25) is 0 Å². The summed E-state index contributed by atoms with van der Waals surface area (Å²) in [6, 6.07) is 7.38. The second-order valence-corrected chi connectivity index (χ2v) is 6.30. The normalized spacial score (nSPS) is 13.0. The first-order valence-corrected chi connectivity index (χ1v) is 7.45. The number of esters is 1. The van der Waals surface area contributed by atoms with Crippen molar-refractivity contribution in [2.24, 2.45) is 0 Å². The van der Waals surface area contributed by atoms with Gasteiger partial charge in [0.25, 0.3) is 5.89 Å². The molecular weight excluding hydrogens is 280 g/mol. The molecule has 0 N–H and O–H groups in total. The zero-order valence-corrected chi connectivity index (χ0v) is 13.7. The van der Waals surface area contributed by atoms with Gasteiger partial charge in [-0.15, -0.1) is 0 Å². The minimum absolute atomic E-state index is 0.207. The molecule has 118 valence electrons. The van der Waals surface area contributed by atoms with E-state index in [9.17, 15) is 4.79 Å². The molecule has 1 aromatic heterocycles. The monoisotopic (exact) mass is 302 g/mol. The van der Waals surface area contributed by atoms with Crippen LogP contribution >= 0.6 is 0 Å². The van der Waals surface area contributed by atoms with E-state index in [2.05, 4.69) is 17.1 Å². The maximum absolute atomic E-state index is 12.1. The second-order valence-electron chi connectivity index (χ2n) is 6.30. The Balaban J connectivity index is 2.05. The van der Waals surface area contributed by atoms with Gasteiger partial charge in [0, 0.05) is 5.41 Å². The van der Waals surface area contributed by atoms with E-state index < -0.39 is 12.1 Å². The minimum Gasteiger partial charge on any atom is -0.449 e. The molecular formula is C17H22N2O3. The molecule has 5 nitrogen and oxygen atoms in total. The molecule has 0 fully saturated rings. The fourth-order valence-corrected chi connectivity index (χ4v) is 1.86. The van der Waals surface area contributed by atoms with Crippen molar-refractivity contribution in [3.8, 4) is 0 Å². The topological polar surface area (TPSA) is 65.2 Å². The maximum atomic E-state index is 12.1. The Bertz CT molecular complexity index is 639. The predicted octanol–water partition coefficient (Wildman–Crippen LogP) is 3.85. The summed E-state index contributed by atoms with van der Waals surface area (Å²) in [4.78, 5) is 16.4. The smallest absolute Gasteiger partial charge is 0.338 e. The van der Waals surface area contributed by atoms with Crippen molar-refractivity contribution in [3.63, 3.8) is 0 Å². The third-order valence-corrected chi connectivity index (χ3v) is 3.34. The molecule has 0 saturated carbocycles. The van der Waals surface area contributed by atoms with Crippen LogP contribution in [0.4, 0.5) is 0 Å². The molecule has 1 heterocycles. The van der Waals surface area contributed by atoms with Gasteiger partial charge in [0.15, 0.2) is 11.9 Å². The Morgan fingerprint density at radius 2 is 1.91 bits per heavy atom. The summed E-state index contributed by atoms with van der Waals surface area (Å²) < 4.78 is 10.6. The molecule has 0 aliphatic rings. The number of hydrogen-bond acceptors (Lipinski definition) is 5. The van der Waals surface area contributed by atoms with Crippen molar-refractivity contribution < 1.29 is 14.1 Å². The molecule has 0 radical (unpaired) electrons. The summed E-state index contributed by atoms with van der Waals surface area (Å²) in [5, 5.41) is 3.93. The Labute approximate surface area is 130 Å².